The van der Waals surface area contributed by atoms with Crippen molar-refractivity contribution < 1.29 is 0 Å². The van der Waals surface area contributed by atoms with Gasteiger partial charge in [-0.2, -0.15) is 0 Å². The average Bonchev–Trinajstić information content (AvgIpc) is 2.90. The number of rotatable bonds is 3. The second kappa shape index (κ2) is 4.79. The maximum absolute atomic E-state index is 5.63. The fourth-order valence-electron chi connectivity index (χ4n) is 2.23. The van der Waals surface area contributed by atoms with Crippen molar-refractivity contribution in [2.45, 2.75) is 13.3 Å². The van der Waals surface area contributed by atoms with Crippen molar-refractivity contribution in [3.05, 3.63) is 34.5 Å². The minimum absolute atomic E-state index is 0.590. The maximum Gasteiger partial charge on any atom is 0.175 e. The monoisotopic (exact) mass is 319 g/mol. The summed E-state index contributed by atoms with van der Waals surface area (Å²) in [6.07, 6.45) is 0.772. The first kappa shape index (κ1) is 12.4. The zero-order valence-electron chi connectivity index (χ0n) is 10.5. The Balaban J connectivity index is 2.12. The van der Waals surface area contributed by atoms with E-state index in [0.717, 1.165) is 45.0 Å². The number of aromatic nitrogens is 4. The molecule has 0 saturated carbocycles. The van der Waals surface area contributed by atoms with Crippen LogP contribution in [0.15, 0.2) is 22.9 Å². The lowest BCUT2D eigenvalue weighted by molar-refractivity contribution is 0.934. The Morgan fingerprint density at radius 1 is 1.26 bits per heavy atom. The van der Waals surface area contributed by atoms with Gasteiger partial charge in [-0.3, -0.25) is 0 Å². The largest absolute Gasteiger partial charge is 0.342 e. The molecule has 5 nitrogen and oxygen atoms in total. The molecule has 3 aromatic rings. The molecule has 0 amide bonds. The van der Waals surface area contributed by atoms with Crippen LogP contribution in [-0.4, -0.2) is 26.5 Å². The Bertz CT molecular complexity index is 728. The van der Waals surface area contributed by atoms with E-state index in [1.165, 1.54) is 0 Å². The van der Waals surface area contributed by atoms with E-state index in [2.05, 4.69) is 41.9 Å². The smallest absolute Gasteiger partial charge is 0.175 e. The fraction of sp³-hybridized carbons (Fsp3) is 0.231. The number of nitrogens with zero attached hydrogens (tertiary/aromatic N) is 2. The molecule has 0 fully saturated rings. The number of fused-ring (bicyclic) bond motifs is 1. The summed E-state index contributed by atoms with van der Waals surface area (Å²) < 4.78 is 0.729. The van der Waals surface area contributed by atoms with Crippen LogP contribution in [-0.2, 0) is 6.42 Å². The Morgan fingerprint density at radius 3 is 2.89 bits per heavy atom. The lowest BCUT2D eigenvalue weighted by Gasteiger charge is -2.01. The highest BCUT2D eigenvalue weighted by Gasteiger charge is 2.11. The number of nitrogens with one attached hydrogen (secondary N) is 2. The SMILES string of the molecule is Cc1nc2ccc(-c3nc(Br)[nH]c3CCN)cc2[nH]1. The summed E-state index contributed by atoms with van der Waals surface area (Å²) in [7, 11) is 0. The zero-order chi connectivity index (χ0) is 13.4. The van der Waals surface area contributed by atoms with Gasteiger partial charge in [-0.1, -0.05) is 6.07 Å². The summed E-state index contributed by atoms with van der Waals surface area (Å²) in [5.74, 6) is 0.914. The molecule has 3 rings (SSSR count). The first-order valence-corrected chi connectivity index (χ1v) is 6.88. The van der Waals surface area contributed by atoms with Gasteiger partial charge < -0.3 is 15.7 Å². The van der Waals surface area contributed by atoms with Gasteiger partial charge in [0.1, 0.15) is 5.82 Å². The minimum Gasteiger partial charge on any atom is -0.342 e. The number of H-pyrrole nitrogens is 2. The Morgan fingerprint density at radius 2 is 2.11 bits per heavy atom. The summed E-state index contributed by atoms with van der Waals surface area (Å²) >= 11 is 3.38. The molecule has 0 aliphatic heterocycles. The number of imidazole rings is 2. The van der Waals surface area contributed by atoms with Crippen LogP contribution in [0.25, 0.3) is 22.3 Å². The summed E-state index contributed by atoms with van der Waals surface area (Å²) in [5.41, 5.74) is 10.7. The number of hydrogen-bond acceptors (Lipinski definition) is 3. The molecule has 0 unspecified atom stereocenters. The average molecular weight is 320 g/mol. The standard InChI is InChI=1S/C13H14BrN5/c1-7-16-9-3-2-8(6-11(9)17-7)12-10(4-5-15)18-13(14)19-12/h2-3,6H,4-5,15H2,1H3,(H,16,17)(H,18,19). The third-order valence-corrected chi connectivity index (χ3v) is 3.39. The minimum atomic E-state index is 0.590. The quantitative estimate of drug-likeness (QED) is 0.693. The lowest BCUT2D eigenvalue weighted by Crippen LogP contribution is -2.04. The van der Waals surface area contributed by atoms with Crippen LogP contribution in [0.3, 0.4) is 0 Å². The van der Waals surface area contributed by atoms with Crippen molar-refractivity contribution in [3.8, 4) is 11.3 Å². The van der Waals surface area contributed by atoms with Gasteiger partial charge in [0.05, 0.1) is 16.7 Å². The van der Waals surface area contributed by atoms with E-state index in [1.54, 1.807) is 0 Å². The molecule has 4 N–H and O–H groups in total. The first-order valence-electron chi connectivity index (χ1n) is 6.08. The van der Waals surface area contributed by atoms with Crippen LogP contribution in [0, 0.1) is 6.92 Å². The summed E-state index contributed by atoms with van der Waals surface area (Å²) in [6.45, 7) is 2.54. The Kier molecular flexibility index (Phi) is 3.12. The van der Waals surface area contributed by atoms with E-state index in [9.17, 15) is 0 Å². The molecule has 0 radical (unpaired) electrons. The molecule has 6 heteroatoms. The maximum atomic E-state index is 5.63. The number of halogens is 1. The fourth-order valence-corrected chi connectivity index (χ4v) is 2.64. The topological polar surface area (TPSA) is 83.4 Å². The molecule has 1 aromatic carbocycles. The van der Waals surface area contributed by atoms with Crippen molar-refractivity contribution in [1.29, 1.82) is 0 Å². The van der Waals surface area contributed by atoms with Crippen LogP contribution in [0.1, 0.15) is 11.5 Å². The van der Waals surface area contributed by atoms with Crippen LogP contribution in [0.2, 0.25) is 0 Å². The van der Waals surface area contributed by atoms with Crippen LogP contribution >= 0.6 is 15.9 Å². The van der Waals surface area contributed by atoms with Crippen LogP contribution in [0.4, 0.5) is 0 Å². The summed E-state index contributed by atoms with van der Waals surface area (Å²) in [4.78, 5) is 15.3. The van der Waals surface area contributed by atoms with Crippen molar-refractivity contribution in [1.82, 2.24) is 19.9 Å². The van der Waals surface area contributed by atoms with Gasteiger partial charge >= 0.3 is 0 Å². The van der Waals surface area contributed by atoms with Gasteiger partial charge in [0.25, 0.3) is 0 Å². The Hall–Kier alpha value is -1.66. The number of aromatic amines is 2. The molecular weight excluding hydrogens is 306 g/mol. The van der Waals surface area contributed by atoms with Gasteiger partial charge in [0.15, 0.2) is 4.73 Å². The number of hydrogen-bond donors (Lipinski definition) is 3. The third kappa shape index (κ3) is 2.29. The van der Waals surface area contributed by atoms with Crippen LogP contribution in [0.5, 0.6) is 0 Å². The van der Waals surface area contributed by atoms with E-state index >= 15 is 0 Å². The van der Waals surface area contributed by atoms with Crippen molar-refractivity contribution >= 4 is 27.0 Å². The normalized spacial score (nSPS) is 11.3. The highest BCUT2D eigenvalue weighted by Crippen LogP contribution is 2.26. The van der Waals surface area contributed by atoms with Crippen molar-refractivity contribution in [2.24, 2.45) is 5.73 Å². The van der Waals surface area contributed by atoms with Gasteiger partial charge in [0.2, 0.25) is 0 Å². The molecule has 0 spiro atoms. The second-order valence-electron chi connectivity index (χ2n) is 4.45. The molecule has 0 aliphatic carbocycles. The van der Waals surface area contributed by atoms with E-state index < -0.39 is 0 Å². The van der Waals surface area contributed by atoms with E-state index in [4.69, 9.17) is 5.73 Å². The molecular formula is C13H14BrN5. The van der Waals surface area contributed by atoms with E-state index in [1.807, 2.05) is 19.1 Å². The van der Waals surface area contributed by atoms with Crippen molar-refractivity contribution in [2.75, 3.05) is 6.54 Å². The van der Waals surface area contributed by atoms with E-state index in [0.29, 0.717) is 6.54 Å². The third-order valence-electron chi connectivity index (χ3n) is 3.02. The van der Waals surface area contributed by atoms with Gasteiger partial charge in [-0.15, -0.1) is 0 Å². The molecule has 19 heavy (non-hydrogen) atoms. The summed E-state index contributed by atoms with van der Waals surface area (Å²) in [6, 6.07) is 6.10. The molecule has 2 heterocycles. The number of benzene rings is 1. The highest BCUT2D eigenvalue weighted by molar-refractivity contribution is 9.10. The van der Waals surface area contributed by atoms with Gasteiger partial charge in [-0.25, -0.2) is 9.97 Å². The van der Waals surface area contributed by atoms with Gasteiger partial charge in [0, 0.05) is 17.7 Å². The second-order valence-corrected chi connectivity index (χ2v) is 5.20. The number of aryl methyl sites for hydroxylation is 1. The molecule has 98 valence electrons. The molecule has 0 saturated heterocycles. The van der Waals surface area contributed by atoms with E-state index in [-0.39, 0.29) is 0 Å². The first-order chi connectivity index (χ1) is 9.17. The molecule has 0 aliphatic rings. The molecule has 0 atom stereocenters. The predicted octanol–water partition coefficient (Wildman–Crippen LogP) is 2.53. The molecule has 0 bridgehead atoms. The highest BCUT2D eigenvalue weighted by atomic mass is 79.9. The number of nitrogens with two attached hydrogens (primary N) is 1. The van der Waals surface area contributed by atoms with Crippen molar-refractivity contribution in [3.63, 3.8) is 0 Å². The Labute approximate surface area is 118 Å². The summed E-state index contributed by atoms with van der Waals surface area (Å²) in [5, 5.41) is 0. The lowest BCUT2D eigenvalue weighted by atomic mass is 10.1. The predicted molar refractivity (Wildman–Crippen MR) is 78.9 cm³/mol. The van der Waals surface area contributed by atoms with Gasteiger partial charge in [-0.05, 0) is 41.5 Å². The molecule has 2 aromatic heterocycles. The van der Waals surface area contributed by atoms with Crippen LogP contribution < -0.4 is 5.73 Å². The zero-order valence-corrected chi connectivity index (χ0v) is 12.1.